The Morgan fingerprint density at radius 1 is 1.19 bits per heavy atom. The number of hydrogen-bond acceptors (Lipinski definition) is 6. The number of hydrogen-bond donors (Lipinski definition) is 1. The molecule has 0 unspecified atom stereocenters. The molecule has 1 fully saturated rings. The lowest BCUT2D eigenvalue weighted by Gasteiger charge is -2.28. The zero-order chi connectivity index (χ0) is 22.8. The molecule has 32 heavy (non-hydrogen) atoms. The summed E-state index contributed by atoms with van der Waals surface area (Å²) in [5, 5.41) is 12.8. The van der Waals surface area contributed by atoms with Crippen LogP contribution < -0.4 is 21.5 Å². The topological polar surface area (TPSA) is 101 Å². The molecule has 0 aliphatic carbocycles. The van der Waals surface area contributed by atoms with Crippen molar-refractivity contribution in [3.05, 3.63) is 67.9 Å². The van der Waals surface area contributed by atoms with Gasteiger partial charge in [0, 0.05) is 39.8 Å². The lowest BCUT2D eigenvalue weighted by Crippen LogP contribution is -2.44. The van der Waals surface area contributed by atoms with Gasteiger partial charge in [0.1, 0.15) is 0 Å². The fraction of sp³-hybridized carbons (Fsp3) is 0.391. The van der Waals surface area contributed by atoms with Crippen LogP contribution >= 0.6 is 0 Å². The van der Waals surface area contributed by atoms with Gasteiger partial charge in [-0.3, -0.25) is 13.9 Å². The lowest BCUT2D eigenvalue weighted by molar-refractivity contribution is 0.572. The molecule has 4 rings (SSSR count). The van der Waals surface area contributed by atoms with Crippen molar-refractivity contribution >= 4 is 17.1 Å². The Labute approximate surface area is 185 Å². The van der Waals surface area contributed by atoms with Crippen LogP contribution in [0.15, 0.2) is 45.5 Å². The SMILES string of the molecule is CC(C)=CCn1c(N2CCNCC2)nc2c1c(=O)n(Cc1ccccc1C#N)c(=O)n2C. The smallest absolute Gasteiger partial charge is 0.332 e. The number of imidazole rings is 1. The molecule has 2 aromatic heterocycles. The molecule has 166 valence electrons. The number of piperazine rings is 1. The third-order valence-corrected chi connectivity index (χ3v) is 5.76. The van der Waals surface area contributed by atoms with Gasteiger partial charge in [-0.15, -0.1) is 0 Å². The Morgan fingerprint density at radius 2 is 1.91 bits per heavy atom. The van der Waals surface area contributed by atoms with E-state index in [1.54, 1.807) is 31.3 Å². The second-order valence-corrected chi connectivity index (χ2v) is 8.21. The van der Waals surface area contributed by atoms with Crippen LogP contribution in [0.2, 0.25) is 0 Å². The van der Waals surface area contributed by atoms with E-state index < -0.39 is 11.2 Å². The van der Waals surface area contributed by atoms with E-state index in [4.69, 9.17) is 4.98 Å². The zero-order valence-electron chi connectivity index (χ0n) is 18.6. The fourth-order valence-electron chi connectivity index (χ4n) is 3.99. The van der Waals surface area contributed by atoms with E-state index in [2.05, 4.69) is 16.3 Å². The highest BCUT2D eigenvalue weighted by atomic mass is 16.2. The van der Waals surface area contributed by atoms with Crippen LogP contribution in [0.25, 0.3) is 11.2 Å². The average Bonchev–Trinajstić information content (AvgIpc) is 3.19. The van der Waals surface area contributed by atoms with Gasteiger partial charge in [-0.1, -0.05) is 29.8 Å². The second kappa shape index (κ2) is 8.85. The van der Waals surface area contributed by atoms with Gasteiger partial charge in [0.25, 0.3) is 5.56 Å². The number of aromatic nitrogens is 4. The van der Waals surface area contributed by atoms with Gasteiger partial charge in [0.05, 0.1) is 18.2 Å². The van der Waals surface area contributed by atoms with Crippen molar-refractivity contribution in [2.75, 3.05) is 31.1 Å². The fourth-order valence-corrected chi connectivity index (χ4v) is 3.99. The van der Waals surface area contributed by atoms with Gasteiger partial charge < -0.3 is 14.8 Å². The second-order valence-electron chi connectivity index (χ2n) is 8.21. The van der Waals surface area contributed by atoms with Gasteiger partial charge in [-0.05, 0) is 25.5 Å². The van der Waals surface area contributed by atoms with E-state index in [1.165, 1.54) is 9.13 Å². The molecule has 0 atom stereocenters. The third-order valence-electron chi connectivity index (χ3n) is 5.76. The molecule has 3 aromatic rings. The van der Waals surface area contributed by atoms with Crippen molar-refractivity contribution in [1.82, 2.24) is 24.0 Å². The molecule has 0 radical (unpaired) electrons. The van der Waals surface area contributed by atoms with Crippen molar-refractivity contribution in [3.8, 4) is 6.07 Å². The van der Waals surface area contributed by atoms with Gasteiger partial charge in [0.15, 0.2) is 11.2 Å². The number of nitrogens with one attached hydrogen (secondary N) is 1. The minimum Gasteiger partial charge on any atom is -0.340 e. The molecule has 3 heterocycles. The molecule has 9 nitrogen and oxygen atoms in total. The normalized spacial score (nSPS) is 13.9. The number of rotatable bonds is 5. The summed E-state index contributed by atoms with van der Waals surface area (Å²) in [7, 11) is 1.64. The van der Waals surface area contributed by atoms with E-state index in [1.807, 2.05) is 24.5 Å². The van der Waals surface area contributed by atoms with Crippen LogP contribution in [0.1, 0.15) is 25.0 Å². The van der Waals surface area contributed by atoms with E-state index in [0.29, 0.717) is 34.8 Å². The van der Waals surface area contributed by atoms with Crippen molar-refractivity contribution in [2.24, 2.45) is 7.05 Å². The number of anilines is 1. The van der Waals surface area contributed by atoms with E-state index in [0.717, 1.165) is 31.8 Å². The number of allylic oxidation sites excluding steroid dienone is 2. The highest BCUT2D eigenvalue weighted by Gasteiger charge is 2.24. The monoisotopic (exact) mass is 433 g/mol. The van der Waals surface area contributed by atoms with Crippen LogP contribution in [0.4, 0.5) is 5.95 Å². The summed E-state index contributed by atoms with van der Waals surface area (Å²) in [6.45, 7) is 7.75. The summed E-state index contributed by atoms with van der Waals surface area (Å²) in [5.74, 6) is 0.696. The quantitative estimate of drug-likeness (QED) is 0.607. The standard InChI is InChI=1S/C23H27N7O2/c1-16(2)8-11-29-19-20(26-22(29)28-12-9-25-10-13-28)27(3)23(32)30(21(19)31)15-18-7-5-4-6-17(18)14-24/h4-8,25H,9-13,15H2,1-3H3. The Morgan fingerprint density at radius 3 is 2.59 bits per heavy atom. The van der Waals surface area contributed by atoms with Crippen molar-refractivity contribution in [3.63, 3.8) is 0 Å². The minimum atomic E-state index is -0.450. The molecule has 0 bridgehead atoms. The molecule has 0 spiro atoms. The number of nitrogens with zero attached hydrogens (tertiary/aromatic N) is 6. The van der Waals surface area contributed by atoms with E-state index in [9.17, 15) is 14.9 Å². The summed E-state index contributed by atoms with van der Waals surface area (Å²) >= 11 is 0. The van der Waals surface area contributed by atoms with Gasteiger partial charge in [-0.25, -0.2) is 4.79 Å². The molecule has 0 saturated carbocycles. The summed E-state index contributed by atoms with van der Waals surface area (Å²) in [4.78, 5) is 33.6. The first-order valence-electron chi connectivity index (χ1n) is 10.7. The van der Waals surface area contributed by atoms with E-state index in [-0.39, 0.29) is 6.54 Å². The highest BCUT2D eigenvalue weighted by Crippen LogP contribution is 2.21. The van der Waals surface area contributed by atoms with Crippen molar-refractivity contribution in [1.29, 1.82) is 5.26 Å². The van der Waals surface area contributed by atoms with Crippen LogP contribution in [0.3, 0.4) is 0 Å². The molecule has 0 amide bonds. The zero-order valence-corrected chi connectivity index (χ0v) is 18.6. The van der Waals surface area contributed by atoms with Crippen LogP contribution in [0, 0.1) is 11.3 Å². The first kappa shape index (κ1) is 21.6. The predicted octanol–water partition coefficient (Wildman–Crippen LogP) is 1.19. The number of aryl methyl sites for hydroxylation is 1. The Bertz CT molecular complexity index is 1340. The van der Waals surface area contributed by atoms with Gasteiger partial charge >= 0.3 is 5.69 Å². The van der Waals surface area contributed by atoms with E-state index >= 15 is 0 Å². The summed E-state index contributed by atoms with van der Waals surface area (Å²) < 4.78 is 4.53. The number of fused-ring (bicyclic) bond motifs is 1. The maximum Gasteiger partial charge on any atom is 0.332 e. The first-order valence-corrected chi connectivity index (χ1v) is 10.7. The number of benzene rings is 1. The predicted molar refractivity (Wildman–Crippen MR) is 124 cm³/mol. The van der Waals surface area contributed by atoms with Crippen LogP contribution in [0.5, 0.6) is 0 Å². The third kappa shape index (κ3) is 3.85. The summed E-state index contributed by atoms with van der Waals surface area (Å²) in [6.07, 6.45) is 2.05. The molecule has 1 saturated heterocycles. The van der Waals surface area contributed by atoms with Gasteiger partial charge in [-0.2, -0.15) is 10.2 Å². The molecule has 1 aromatic carbocycles. The largest absolute Gasteiger partial charge is 0.340 e. The molecular formula is C23H27N7O2. The highest BCUT2D eigenvalue weighted by molar-refractivity contribution is 5.74. The van der Waals surface area contributed by atoms with Crippen molar-refractivity contribution < 1.29 is 0 Å². The molecule has 9 heteroatoms. The lowest BCUT2D eigenvalue weighted by atomic mass is 10.1. The Kier molecular flexibility index (Phi) is 5.97. The van der Waals surface area contributed by atoms with Crippen LogP contribution in [-0.2, 0) is 20.1 Å². The molecule has 1 aliphatic heterocycles. The maximum absolute atomic E-state index is 13.6. The summed E-state index contributed by atoms with van der Waals surface area (Å²) in [6, 6.07) is 9.15. The van der Waals surface area contributed by atoms with Crippen molar-refractivity contribution in [2.45, 2.75) is 26.9 Å². The molecule has 1 N–H and O–H groups in total. The molecule has 1 aliphatic rings. The Balaban J connectivity index is 1.95. The summed E-state index contributed by atoms with van der Waals surface area (Å²) in [5.41, 5.74) is 2.13. The first-order chi connectivity index (χ1) is 15.4. The maximum atomic E-state index is 13.6. The Hall–Kier alpha value is -3.64. The average molecular weight is 434 g/mol. The molecular weight excluding hydrogens is 406 g/mol. The van der Waals surface area contributed by atoms with Gasteiger partial charge in [0.2, 0.25) is 5.95 Å². The number of nitriles is 1. The minimum absolute atomic E-state index is 0.0297. The van der Waals surface area contributed by atoms with Crippen LogP contribution in [-0.4, -0.2) is 44.9 Å².